The molecule has 0 saturated heterocycles. The summed E-state index contributed by atoms with van der Waals surface area (Å²) in [6, 6.07) is -0.354. The summed E-state index contributed by atoms with van der Waals surface area (Å²) in [5.41, 5.74) is -0.983. The van der Waals surface area contributed by atoms with Crippen molar-refractivity contribution < 1.29 is 14.7 Å². The van der Waals surface area contributed by atoms with Crippen LogP contribution in [0, 0.1) is 0 Å². The van der Waals surface area contributed by atoms with Crippen LogP contribution in [-0.4, -0.2) is 29.2 Å². The van der Waals surface area contributed by atoms with Crippen molar-refractivity contribution in [1.29, 1.82) is 0 Å². The number of urea groups is 1. The first-order chi connectivity index (χ1) is 9.60. The molecule has 1 aliphatic rings. The fourth-order valence-electron chi connectivity index (χ4n) is 2.24. The van der Waals surface area contributed by atoms with Crippen molar-refractivity contribution in [3.05, 3.63) is 0 Å². The summed E-state index contributed by atoms with van der Waals surface area (Å²) in [4.78, 5) is 22.4. The number of amides is 2. The first kappa shape index (κ1) is 16.8. The fraction of sp³-hybridized carbons (Fsp3) is 0.867. The van der Waals surface area contributed by atoms with Gasteiger partial charge in [0, 0.05) is 6.54 Å². The topological polar surface area (TPSA) is 78.4 Å². The monoisotopic (exact) mass is 284 g/mol. The molecule has 0 radical (unpaired) electrons. The fourth-order valence-corrected chi connectivity index (χ4v) is 2.24. The smallest absolute Gasteiger partial charge is 0.329 e. The van der Waals surface area contributed by atoms with E-state index >= 15 is 0 Å². The lowest BCUT2D eigenvalue weighted by molar-refractivity contribution is -0.140. The summed E-state index contributed by atoms with van der Waals surface area (Å²) < 4.78 is 0. The molecule has 5 heteroatoms. The van der Waals surface area contributed by atoms with Gasteiger partial charge in [-0.3, -0.25) is 0 Å². The van der Waals surface area contributed by atoms with Crippen molar-refractivity contribution in [3.63, 3.8) is 0 Å². The van der Waals surface area contributed by atoms with Gasteiger partial charge in [0.25, 0.3) is 0 Å². The SMILES string of the molecule is CCCCCCCCCCNC(=O)NC1(C(=O)O)CC1. The maximum atomic E-state index is 11.5. The Morgan fingerprint density at radius 3 is 2.05 bits per heavy atom. The maximum Gasteiger partial charge on any atom is 0.329 e. The molecule has 20 heavy (non-hydrogen) atoms. The Hall–Kier alpha value is -1.26. The van der Waals surface area contributed by atoms with Gasteiger partial charge in [0.15, 0.2) is 0 Å². The summed E-state index contributed by atoms with van der Waals surface area (Å²) in [7, 11) is 0. The van der Waals surface area contributed by atoms with Gasteiger partial charge in [0.2, 0.25) is 0 Å². The number of carboxylic acids is 1. The molecule has 0 aromatic heterocycles. The van der Waals surface area contributed by atoms with Crippen molar-refractivity contribution in [1.82, 2.24) is 10.6 Å². The second kappa shape index (κ2) is 8.82. The normalized spacial score (nSPS) is 15.7. The van der Waals surface area contributed by atoms with Gasteiger partial charge in [-0.1, -0.05) is 51.9 Å². The molecule has 0 aromatic rings. The standard InChI is InChI=1S/C15H28N2O3/c1-2-3-4-5-6-7-8-9-12-16-14(20)17-15(10-11-15)13(18)19/h2-12H2,1H3,(H,18,19)(H2,16,17,20). The number of carbonyl (C=O) groups is 2. The first-order valence-electron chi connectivity index (χ1n) is 7.90. The van der Waals surface area contributed by atoms with Crippen molar-refractivity contribution in [2.45, 2.75) is 76.7 Å². The van der Waals surface area contributed by atoms with Crippen LogP contribution in [-0.2, 0) is 4.79 Å². The minimum atomic E-state index is -0.983. The van der Waals surface area contributed by atoms with Crippen molar-refractivity contribution in [2.75, 3.05) is 6.54 Å². The van der Waals surface area contributed by atoms with E-state index in [9.17, 15) is 9.59 Å². The van der Waals surface area contributed by atoms with Gasteiger partial charge < -0.3 is 15.7 Å². The number of hydrogen-bond donors (Lipinski definition) is 3. The Morgan fingerprint density at radius 2 is 1.55 bits per heavy atom. The van der Waals surface area contributed by atoms with Gasteiger partial charge in [0.05, 0.1) is 0 Å². The van der Waals surface area contributed by atoms with Crippen LogP contribution in [0.2, 0.25) is 0 Å². The van der Waals surface area contributed by atoms with E-state index in [1.165, 1.54) is 38.5 Å². The van der Waals surface area contributed by atoms with Crippen molar-refractivity contribution in [3.8, 4) is 0 Å². The van der Waals surface area contributed by atoms with E-state index in [4.69, 9.17) is 5.11 Å². The van der Waals surface area contributed by atoms with Crippen molar-refractivity contribution in [2.24, 2.45) is 0 Å². The lowest BCUT2D eigenvalue weighted by atomic mass is 10.1. The molecular formula is C15H28N2O3. The van der Waals surface area contributed by atoms with Gasteiger partial charge in [-0.2, -0.15) is 0 Å². The van der Waals surface area contributed by atoms with Gasteiger partial charge in [-0.25, -0.2) is 9.59 Å². The van der Waals surface area contributed by atoms with E-state index in [-0.39, 0.29) is 6.03 Å². The average molecular weight is 284 g/mol. The molecule has 2 amide bonds. The molecule has 0 aliphatic heterocycles. The van der Waals surface area contributed by atoms with Crippen LogP contribution in [0.15, 0.2) is 0 Å². The third kappa shape index (κ3) is 6.26. The van der Waals surface area contributed by atoms with Crippen LogP contribution in [0.1, 0.15) is 71.1 Å². The molecule has 1 rings (SSSR count). The van der Waals surface area contributed by atoms with E-state index in [2.05, 4.69) is 17.6 Å². The Morgan fingerprint density at radius 1 is 1.00 bits per heavy atom. The number of nitrogens with one attached hydrogen (secondary N) is 2. The number of carbonyl (C=O) groups excluding carboxylic acids is 1. The minimum Gasteiger partial charge on any atom is -0.480 e. The summed E-state index contributed by atoms with van der Waals surface area (Å²) in [5.74, 6) is -0.931. The number of hydrogen-bond acceptors (Lipinski definition) is 2. The first-order valence-corrected chi connectivity index (χ1v) is 7.90. The van der Waals surface area contributed by atoms with Crippen LogP contribution in [0.3, 0.4) is 0 Å². The lowest BCUT2D eigenvalue weighted by Gasteiger charge is -2.13. The summed E-state index contributed by atoms with van der Waals surface area (Å²) >= 11 is 0. The number of unbranched alkanes of at least 4 members (excludes halogenated alkanes) is 7. The predicted octanol–water partition coefficient (Wildman–Crippen LogP) is 3.04. The Balaban J connectivity index is 1.91. The highest BCUT2D eigenvalue weighted by Gasteiger charge is 2.51. The van der Waals surface area contributed by atoms with E-state index in [0.717, 1.165) is 12.8 Å². The number of rotatable bonds is 11. The van der Waals surface area contributed by atoms with Gasteiger partial charge >= 0.3 is 12.0 Å². The molecule has 0 bridgehead atoms. The molecule has 0 heterocycles. The number of carboxylic acid groups (broad SMARTS) is 1. The molecule has 1 saturated carbocycles. The quantitative estimate of drug-likeness (QED) is 0.510. The average Bonchev–Trinajstić information content (AvgIpc) is 3.18. The van der Waals surface area contributed by atoms with E-state index in [0.29, 0.717) is 19.4 Å². The summed E-state index contributed by atoms with van der Waals surface area (Å²) in [6.07, 6.45) is 10.9. The summed E-state index contributed by atoms with van der Waals surface area (Å²) in [5, 5.41) is 14.2. The van der Waals surface area contributed by atoms with Crippen LogP contribution >= 0.6 is 0 Å². The molecule has 1 fully saturated rings. The molecule has 1 aliphatic carbocycles. The zero-order valence-electron chi connectivity index (χ0n) is 12.5. The largest absolute Gasteiger partial charge is 0.480 e. The van der Waals surface area contributed by atoms with Crippen LogP contribution in [0.25, 0.3) is 0 Å². The molecular weight excluding hydrogens is 256 g/mol. The Labute approximate surface area is 121 Å². The molecule has 116 valence electrons. The van der Waals surface area contributed by atoms with Crippen molar-refractivity contribution >= 4 is 12.0 Å². The van der Waals surface area contributed by atoms with Gasteiger partial charge in [-0.05, 0) is 19.3 Å². The molecule has 0 atom stereocenters. The third-order valence-electron chi connectivity index (χ3n) is 3.83. The zero-order chi connectivity index (χ0) is 14.8. The van der Waals surface area contributed by atoms with Crippen LogP contribution in [0.5, 0.6) is 0 Å². The third-order valence-corrected chi connectivity index (χ3v) is 3.83. The summed E-state index contributed by atoms with van der Waals surface area (Å²) in [6.45, 7) is 2.84. The molecule has 5 nitrogen and oxygen atoms in total. The lowest BCUT2D eigenvalue weighted by Crippen LogP contribution is -2.48. The zero-order valence-corrected chi connectivity index (χ0v) is 12.5. The second-order valence-corrected chi connectivity index (χ2v) is 5.74. The molecule has 0 spiro atoms. The highest BCUT2D eigenvalue weighted by Crippen LogP contribution is 2.35. The van der Waals surface area contributed by atoms with E-state index < -0.39 is 11.5 Å². The molecule has 3 N–H and O–H groups in total. The minimum absolute atomic E-state index is 0.354. The van der Waals surface area contributed by atoms with Gasteiger partial charge in [-0.15, -0.1) is 0 Å². The van der Waals surface area contributed by atoms with E-state index in [1.54, 1.807) is 0 Å². The highest BCUT2D eigenvalue weighted by molar-refractivity contribution is 5.88. The highest BCUT2D eigenvalue weighted by atomic mass is 16.4. The van der Waals surface area contributed by atoms with Crippen LogP contribution < -0.4 is 10.6 Å². The molecule has 0 aromatic carbocycles. The maximum absolute atomic E-state index is 11.5. The van der Waals surface area contributed by atoms with Crippen LogP contribution in [0.4, 0.5) is 4.79 Å². The Kier molecular flexibility index (Phi) is 7.41. The predicted molar refractivity (Wildman–Crippen MR) is 78.7 cm³/mol. The van der Waals surface area contributed by atoms with E-state index in [1.807, 2.05) is 0 Å². The Bertz CT molecular complexity index is 314. The number of aliphatic carboxylic acids is 1. The van der Waals surface area contributed by atoms with Gasteiger partial charge in [0.1, 0.15) is 5.54 Å². The molecule has 0 unspecified atom stereocenters. The second-order valence-electron chi connectivity index (χ2n) is 5.74.